The molecule has 1 aliphatic rings. The molecule has 3 atom stereocenters. The molecule has 3 aromatic rings. The number of likely N-dealkylation sites (tertiary alicyclic amines) is 1. The third-order valence-corrected chi connectivity index (χ3v) is 8.14. The normalized spacial score (nSPS) is 17.4. The van der Waals surface area contributed by atoms with Gasteiger partial charge < -0.3 is 18.9 Å². The summed E-state index contributed by atoms with van der Waals surface area (Å²) in [5.74, 6) is -1.35. The number of carbonyl (C=O) groups excluding carboxylic acids is 3. The molecule has 8 heteroatoms. The van der Waals surface area contributed by atoms with Gasteiger partial charge in [-0.1, -0.05) is 79.4 Å². The van der Waals surface area contributed by atoms with Gasteiger partial charge in [-0.2, -0.15) is 0 Å². The minimum atomic E-state index is -1.03. The highest BCUT2D eigenvalue weighted by Gasteiger charge is 2.51. The number of amides is 1. The topological polar surface area (TPSA) is 91.4 Å². The van der Waals surface area contributed by atoms with Crippen molar-refractivity contribution >= 4 is 23.6 Å². The number of benzene rings is 3. The molecule has 4 rings (SSSR count). The van der Waals surface area contributed by atoms with Gasteiger partial charge in [-0.3, -0.25) is 9.69 Å². The zero-order valence-electron chi connectivity index (χ0n) is 26.2. The molecule has 0 N–H and O–H groups in total. The molecule has 0 saturated carbocycles. The molecule has 238 valence electrons. The van der Waals surface area contributed by atoms with E-state index in [-0.39, 0.29) is 26.2 Å². The first-order valence-electron chi connectivity index (χ1n) is 15.6. The van der Waals surface area contributed by atoms with Crippen LogP contribution in [0.5, 0.6) is 5.75 Å². The fraction of sp³-hybridized carbons (Fsp3) is 0.378. The average Bonchev–Trinajstić information content (AvgIpc) is 3.45. The predicted molar refractivity (Wildman–Crippen MR) is 172 cm³/mol. The number of methoxy groups -OCH3 is 1. The first-order valence-corrected chi connectivity index (χ1v) is 15.6. The fourth-order valence-electron chi connectivity index (χ4n) is 5.75. The molecule has 0 aliphatic carbocycles. The minimum absolute atomic E-state index is 0.0491. The van der Waals surface area contributed by atoms with Crippen LogP contribution in [-0.2, 0) is 36.8 Å². The maximum Gasteiger partial charge on any atom is 0.410 e. The number of carbonyl (C=O) groups is 3. The molecule has 1 fully saturated rings. The van der Waals surface area contributed by atoms with E-state index >= 15 is 0 Å². The molecular formula is C37H43NO7. The monoisotopic (exact) mass is 613 g/mol. The van der Waals surface area contributed by atoms with Crippen molar-refractivity contribution in [2.45, 2.75) is 51.7 Å². The van der Waals surface area contributed by atoms with Crippen molar-refractivity contribution < 1.29 is 33.3 Å². The Kier molecular flexibility index (Phi) is 12.6. The number of rotatable bonds is 15. The van der Waals surface area contributed by atoms with Gasteiger partial charge in [0.25, 0.3) is 0 Å². The third-order valence-electron chi connectivity index (χ3n) is 8.14. The van der Waals surface area contributed by atoms with Crippen LogP contribution in [0.4, 0.5) is 4.79 Å². The highest BCUT2D eigenvalue weighted by molar-refractivity contribution is 5.85. The Bertz CT molecular complexity index is 1390. The van der Waals surface area contributed by atoms with Gasteiger partial charge in [0.05, 0.1) is 26.7 Å². The molecular weight excluding hydrogens is 570 g/mol. The van der Waals surface area contributed by atoms with E-state index in [1.807, 2.05) is 60.7 Å². The largest absolute Gasteiger partial charge is 0.494 e. The number of ether oxygens (including phenoxy) is 4. The summed E-state index contributed by atoms with van der Waals surface area (Å²) >= 11 is 0. The van der Waals surface area contributed by atoms with Gasteiger partial charge >= 0.3 is 18.0 Å². The third kappa shape index (κ3) is 9.45. The van der Waals surface area contributed by atoms with Crippen molar-refractivity contribution in [2.75, 3.05) is 26.9 Å². The van der Waals surface area contributed by atoms with E-state index in [1.54, 1.807) is 6.92 Å². The number of hydrogen-bond acceptors (Lipinski definition) is 7. The molecule has 0 spiro atoms. The van der Waals surface area contributed by atoms with Crippen molar-refractivity contribution in [3.63, 3.8) is 0 Å². The zero-order chi connectivity index (χ0) is 32.0. The molecule has 0 unspecified atom stereocenters. The summed E-state index contributed by atoms with van der Waals surface area (Å²) in [7, 11) is 1.30. The van der Waals surface area contributed by atoms with Gasteiger partial charge in [-0.05, 0) is 67.0 Å². The van der Waals surface area contributed by atoms with Gasteiger partial charge in [0.2, 0.25) is 0 Å². The van der Waals surface area contributed by atoms with Gasteiger partial charge in [-0.15, -0.1) is 0 Å². The highest BCUT2D eigenvalue weighted by Crippen LogP contribution is 2.41. The molecule has 1 heterocycles. The van der Waals surface area contributed by atoms with E-state index in [0.29, 0.717) is 12.2 Å². The van der Waals surface area contributed by atoms with Crippen LogP contribution >= 0.6 is 0 Å². The Balaban J connectivity index is 1.41. The molecule has 0 radical (unpaired) electrons. The Morgan fingerprint density at radius 3 is 2.16 bits per heavy atom. The fourth-order valence-corrected chi connectivity index (χ4v) is 5.75. The number of nitrogens with zero attached hydrogens (tertiary/aromatic N) is 1. The lowest BCUT2D eigenvalue weighted by Gasteiger charge is -2.26. The van der Waals surface area contributed by atoms with Gasteiger partial charge in [-0.25, -0.2) is 9.59 Å². The van der Waals surface area contributed by atoms with Crippen LogP contribution in [0.3, 0.4) is 0 Å². The van der Waals surface area contributed by atoms with Gasteiger partial charge in [0.1, 0.15) is 18.4 Å². The summed E-state index contributed by atoms with van der Waals surface area (Å²) in [6, 6.07) is 26.4. The second kappa shape index (κ2) is 17.0. The van der Waals surface area contributed by atoms with Crippen molar-refractivity contribution in [3.05, 3.63) is 108 Å². The van der Waals surface area contributed by atoms with E-state index < -0.39 is 35.9 Å². The average molecular weight is 614 g/mol. The van der Waals surface area contributed by atoms with Crippen LogP contribution in [-0.4, -0.2) is 55.8 Å². The Labute approximate surface area is 265 Å². The summed E-state index contributed by atoms with van der Waals surface area (Å²) < 4.78 is 21.9. The first kappa shape index (κ1) is 33.3. The molecule has 1 amide bonds. The number of aryl methyl sites for hydroxylation is 1. The van der Waals surface area contributed by atoms with Crippen molar-refractivity contribution in [3.8, 4) is 5.75 Å². The van der Waals surface area contributed by atoms with Crippen molar-refractivity contribution in [1.82, 2.24) is 4.90 Å². The van der Waals surface area contributed by atoms with Crippen LogP contribution in [0.25, 0.3) is 5.57 Å². The van der Waals surface area contributed by atoms with E-state index in [9.17, 15) is 14.4 Å². The molecule has 1 saturated heterocycles. The summed E-state index contributed by atoms with van der Waals surface area (Å²) in [5.41, 5.74) is 3.70. The lowest BCUT2D eigenvalue weighted by atomic mass is 9.81. The zero-order valence-corrected chi connectivity index (χ0v) is 26.2. The second-order valence-electron chi connectivity index (χ2n) is 11.1. The quantitative estimate of drug-likeness (QED) is 0.105. The standard InChI is InChI=1S/C37H43NO7/c1-4-43-36(40)35-32(24-34(39)42-3)33(25-38(35)37(41)45-26-29-17-10-6-11-18-29)27(2)30-19-21-31(22-20-30)44-23-13-7-12-16-28-14-8-5-9-15-28/h5-6,8-11,14-15,17-22,32-33,35H,2,4,7,12-13,16,23-26H2,1,3H3/t32-,33+,35-/m0/s1. The molecule has 45 heavy (non-hydrogen) atoms. The number of hydrogen-bond donors (Lipinski definition) is 0. The Morgan fingerprint density at radius 1 is 0.844 bits per heavy atom. The highest BCUT2D eigenvalue weighted by atomic mass is 16.6. The van der Waals surface area contributed by atoms with Crippen LogP contribution < -0.4 is 4.74 Å². The van der Waals surface area contributed by atoms with E-state index in [0.717, 1.165) is 42.6 Å². The van der Waals surface area contributed by atoms with E-state index in [4.69, 9.17) is 18.9 Å². The van der Waals surface area contributed by atoms with E-state index in [2.05, 4.69) is 30.8 Å². The SMILES string of the molecule is C=C(c1ccc(OCCCCCc2ccccc2)cc1)[C@H]1CN(C(=O)OCc2ccccc2)[C@H](C(=O)OCC)[C@H]1CC(=O)OC. The van der Waals surface area contributed by atoms with Gasteiger partial charge in [0.15, 0.2) is 0 Å². The Hall–Kier alpha value is -4.59. The van der Waals surface area contributed by atoms with Crippen LogP contribution in [0.2, 0.25) is 0 Å². The van der Waals surface area contributed by atoms with Crippen LogP contribution in [0.1, 0.15) is 49.3 Å². The summed E-state index contributed by atoms with van der Waals surface area (Å²) in [6.07, 6.45) is 3.48. The molecule has 0 bridgehead atoms. The summed E-state index contributed by atoms with van der Waals surface area (Å²) in [6.45, 7) is 6.99. The van der Waals surface area contributed by atoms with Crippen molar-refractivity contribution in [2.24, 2.45) is 11.8 Å². The first-order chi connectivity index (χ1) is 21.9. The predicted octanol–water partition coefficient (Wildman–Crippen LogP) is 6.87. The lowest BCUT2D eigenvalue weighted by Crippen LogP contribution is -2.45. The smallest absolute Gasteiger partial charge is 0.410 e. The Morgan fingerprint density at radius 2 is 1.51 bits per heavy atom. The molecule has 0 aromatic heterocycles. The van der Waals surface area contributed by atoms with Crippen LogP contribution in [0.15, 0.2) is 91.5 Å². The van der Waals surface area contributed by atoms with Crippen LogP contribution in [0, 0.1) is 11.8 Å². The van der Waals surface area contributed by atoms with E-state index in [1.165, 1.54) is 17.6 Å². The minimum Gasteiger partial charge on any atom is -0.494 e. The molecule has 1 aliphatic heterocycles. The second-order valence-corrected chi connectivity index (χ2v) is 11.1. The molecule has 3 aromatic carbocycles. The summed E-state index contributed by atoms with van der Waals surface area (Å²) in [4.78, 5) is 40.5. The number of unbranched alkanes of at least 4 members (excludes halogenated alkanes) is 2. The maximum absolute atomic E-state index is 13.4. The van der Waals surface area contributed by atoms with Crippen molar-refractivity contribution in [1.29, 1.82) is 0 Å². The lowest BCUT2D eigenvalue weighted by molar-refractivity contribution is -0.150. The summed E-state index contributed by atoms with van der Waals surface area (Å²) in [5, 5.41) is 0. The number of esters is 2. The maximum atomic E-state index is 13.4. The molecule has 8 nitrogen and oxygen atoms in total. The van der Waals surface area contributed by atoms with Gasteiger partial charge in [0, 0.05) is 18.4 Å².